The Morgan fingerprint density at radius 1 is 1.50 bits per heavy atom. The third kappa shape index (κ3) is 2.02. The van der Waals surface area contributed by atoms with Gasteiger partial charge in [0, 0.05) is 0 Å². The summed E-state index contributed by atoms with van der Waals surface area (Å²) in [6, 6.07) is 0. The largest absolute Gasteiger partial charge is 0.511 e. The highest BCUT2D eigenvalue weighted by Crippen LogP contribution is 2.05. The van der Waals surface area contributed by atoms with Crippen molar-refractivity contribution in [3.8, 4) is 0 Å². The molecule has 0 aromatic carbocycles. The molecule has 0 aromatic heterocycles. The van der Waals surface area contributed by atoms with Gasteiger partial charge < -0.3 is 5.11 Å². The van der Waals surface area contributed by atoms with Gasteiger partial charge in [-0.25, -0.2) is 0 Å². The van der Waals surface area contributed by atoms with Crippen LogP contribution in [0.2, 0.25) is 0 Å². The van der Waals surface area contributed by atoms with Crippen LogP contribution in [0, 0.1) is 0 Å². The van der Waals surface area contributed by atoms with E-state index in [0.717, 1.165) is 0 Å². The van der Waals surface area contributed by atoms with Crippen molar-refractivity contribution >= 4 is 18.4 Å². The monoisotopic (exact) mass is 132 g/mol. The molecule has 46 valence electrons. The normalized spacial score (nSPS) is 12.9. The molecular formula is C5H8O2S. The Morgan fingerprint density at radius 2 is 1.88 bits per heavy atom. The van der Waals surface area contributed by atoms with Crippen molar-refractivity contribution in [2.75, 3.05) is 0 Å². The SMILES string of the molecule is CC(=O)/C(S)=C(\C)O. The molecule has 1 N–H and O–H groups in total. The van der Waals surface area contributed by atoms with Crippen LogP contribution in [0.25, 0.3) is 0 Å². The molecule has 0 rings (SSSR count). The van der Waals surface area contributed by atoms with Gasteiger partial charge in [0.05, 0.1) is 4.91 Å². The number of hydrogen-bond donors (Lipinski definition) is 2. The summed E-state index contributed by atoms with van der Waals surface area (Å²) in [5, 5.41) is 8.57. The third-order valence-electron chi connectivity index (χ3n) is 0.676. The average molecular weight is 132 g/mol. The first-order valence-corrected chi connectivity index (χ1v) is 2.60. The molecule has 0 heterocycles. The number of carbonyl (C=O) groups excluding carboxylic acids is 1. The van der Waals surface area contributed by atoms with E-state index in [1.165, 1.54) is 13.8 Å². The van der Waals surface area contributed by atoms with E-state index in [4.69, 9.17) is 5.11 Å². The van der Waals surface area contributed by atoms with E-state index >= 15 is 0 Å². The van der Waals surface area contributed by atoms with Crippen LogP contribution in [0.3, 0.4) is 0 Å². The van der Waals surface area contributed by atoms with Gasteiger partial charge in [0.1, 0.15) is 5.76 Å². The number of carbonyl (C=O) groups is 1. The minimum atomic E-state index is -0.215. The number of allylic oxidation sites excluding steroid dienone is 2. The predicted octanol–water partition coefficient (Wildman–Crippen LogP) is 1.29. The van der Waals surface area contributed by atoms with Crippen LogP contribution < -0.4 is 0 Å². The van der Waals surface area contributed by atoms with Gasteiger partial charge in [0.25, 0.3) is 0 Å². The molecular weight excluding hydrogens is 124 g/mol. The number of thiol groups is 1. The second kappa shape index (κ2) is 2.77. The van der Waals surface area contributed by atoms with Crippen molar-refractivity contribution in [2.45, 2.75) is 13.8 Å². The molecule has 0 aliphatic carbocycles. The van der Waals surface area contributed by atoms with Crippen molar-refractivity contribution in [1.29, 1.82) is 0 Å². The van der Waals surface area contributed by atoms with Gasteiger partial charge in [0.15, 0.2) is 5.78 Å². The average Bonchev–Trinajstić information content (AvgIpc) is 1.64. The number of ketones is 1. The summed E-state index contributed by atoms with van der Waals surface area (Å²) in [5.74, 6) is -0.242. The minimum absolute atomic E-state index is 0.0270. The summed E-state index contributed by atoms with van der Waals surface area (Å²) in [7, 11) is 0. The highest BCUT2D eigenvalue weighted by atomic mass is 32.1. The maximum absolute atomic E-state index is 10.3. The van der Waals surface area contributed by atoms with Gasteiger partial charge in [-0.1, -0.05) is 0 Å². The van der Waals surface area contributed by atoms with Crippen LogP contribution >= 0.6 is 12.6 Å². The quantitative estimate of drug-likeness (QED) is 0.320. The smallest absolute Gasteiger partial charge is 0.169 e. The molecule has 2 nitrogen and oxygen atoms in total. The highest BCUT2D eigenvalue weighted by molar-refractivity contribution is 7.85. The molecule has 0 unspecified atom stereocenters. The zero-order chi connectivity index (χ0) is 6.73. The van der Waals surface area contributed by atoms with Gasteiger partial charge in [0.2, 0.25) is 0 Å². The number of Topliss-reactive ketones (excluding diaryl/α,β-unsaturated/α-hetero) is 1. The summed E-state index contributed by atoms with van der Waals surface area (Å²) in [6.07, 6.45) is 0. The lowest BCUT2D eigenvalue weighted by Gasteiger charge is -1.91. The molecule has 0 spiro atoms. The van der Waals surface area contributed by atoms with Crippen LogP contribution in [0.4, 0.5) is 0 Å². The molecule has 0 aromatic rings. The van der Waals surface area contributed by atoms with Crippen LogP contribution in [0.5, 0.6) is 0 Å². The maximum Gasteiger partial charge on any atom is 0.169 e. The summed E-state index contributed by atoms with van der Waals surface area (Å²) in [5.41, 5.74) is 0. The molecule has 0 amide bonds. The second-order valence-corrected chi connectivity index (χ2v) is 1.94. The summed E-state index contributed by atoms with van der Waals surface area (Å²) >= 11 is 3.70. The van der Waals surface area contributed by atoms with Crippen molar-refractivity contribution in [3.63, 3.8) is 0 Å². The number of rotatable bonds is 1. The van der Waals surface area contributed by atoms with E-state index in [0.29, 0.717) is 0 Å². The predicted molar refractivity (Wildman–Crippen MR) is 35.0 cm³/mol. The van der Waals surface area contributed by atoms with E-state index in [9.17, 15) is 4.79 Å². The third-order valence-corrected chi connectivity index (χ3v) is 1.31. The first-order valence-electron chi connectivity index (χ1n) is 2.15. The molecule has 0 saturated heterocycles. The zero-order valence-corrected chi connectivity index (χ0v) is 5.70. The Kier molecular flexibility index (Phi) is 2.62. The van der Waals surface area contributed by atoms with Gasteiger partial charge >= 0.3 is 0 Å². The molecule has 0 fully saturated rings. The first-order chi connectivity index (χ1) is 3.55. The van der Waals surface area contributed by atoms with Crippen molar-refractivity contribution < 1.29 is 9.90 Å². The van der Waals surface area contributed by atoms with Gasteiger partial charge in [-0.3, -0.25) is 4.79 Å². The van der Waals surface area contributed by atoms with Crippen molar-refractivity contribution in [1.82, 2.24) is 0 Å². The lowest BCUT2D eigenvalue weighted by molar-refractivity contribution is -0.113. The van der Waals surface area contributed by atoms with Crippen molar-refractivity contribution in [2.24, 2.45) is 0 Å². The standard InChI is InChI=1S/C5H8O2S/c1-3(6)5(8)4(2)7/h6,8H,1-2H3/b5-3-. The Labute approximate surface area is 53.6 Å². The number of aliphatic hydroxyl groups is 1. The van der Waals surface area contributed by atoms with E-state index in [-0.39, 0.29) is 16.4 Å². The Hall–Kier alpha value is -0.440. The second-order valence-electron chi connectivity index (χ2n) is 1.49. The number of hydrogen-bond acceptors (Lipinski definition) is 3. The first kappa shape index (κ1) is 7.56. The fraction of sp³-hybridized carbons (Fsp3) is 0.400. The minimum Gasteiger partial charge on any atom is -0.511 e. The Bertz CT molecular complexity index is 133. The summed E-state index contributed by atoms with van der Waals surface area (Å²) in [6.45, 7) is 2.77. The fourth-order valence-electron chi connectivity index (χ4n) is 0.255. The topological polar surface area (TPSA) is 37.3 Å². The van der Waals surface area contributed by atoms with Crippen LogP contribution in [-0.2, 0) is 4.79 Å². The number of aliphatic hydroxyl groups excluding tert-OH is 1. The van der Waals surface area contributed by atoms with E-state index in [2.05, 4.69) is 12.6 Å². The zero-order valence-electron chi connectivity index (χ0n) is 4.80. The highest BCUT2D eigenvalue weighted by Gasteiger charge is 1.99. The van der Waals surface area contributed by atoms with Gasteiger partial charge in [-0.05, 0) is 13.8 Å². The fourth-order valence-corrected chi connectivity index (χ4v) is 0.255. The molecule has 8 heavy (non-hydrogen) atoms. The van der Waals surface area contributed by atoms with Crippen LogP contribution in [-0.4, -0.2) is 10.9 Å². The Balaban J connectivity index is 4.23. The summed E-state index contributed by atoms with van der Waals surface area (Å²) in [4.78, 5) is 10.4. The lowest BCUT2D eigenvalue weighted by Crippen LogP contribution is -1.91. The van der Waals surface area contributed by atoms with Gasteiger partial charge in [-0.15, -0.1) is 12.6 Å². The molecule has 3 heteroatoms. The van der Waals surface area contributed by atoms with Crippen LogP contribution in [0.15, 0.2) is 10.7 Å². The lowest BCUT2D eigenvalue weighted by atomic mass is 10.4. The van der Waals surface area contributed by atoms with Crippen LogP contribution in [0.1, 0.15) is 13.8 Å². The van der Waals surface area contributed by atoms with Crippen molar-refractivity contribution in [3.05, 3.63) is 10.7 Å². The molecule has 0 aliphatic rings. The maximum atomic E-state index is 10.3. The summed E-state index contributed by atoms with van der Waals surface area (Å²) < 4.78 is 0. The van der Waals surface area contributed by atoms with E-state index in [1.807, 2.05) is 0 Å². The molecule has 0 aliphatic heterocycles. The molecule has 0 radical (unpaired) electrons. The van der Waals surface area contributed by atoms with Gasteiger partial charge in [-0.2, -0.15) is 0 Å². The molecule has 0 saturated carbocycles. The molecule has 0 bridgehead atoms. The van der Waals surface area contributed by atoms with E-state index in [1.54, 1.807) is 0 Å². The molecule has 0 atom stereocenters. The Morgan fingerprint density at radius 3 is 1.88 bits per heavy atom. The van der Waals surface area contributed by atoms with E-state index < -0.39 is 0 Å².